The molecule has 0 aliphatic heterocycles. The maximum absolute atomic E-state index is 12.0. The zero-order chi connectivity index (χ0) is 13.2. The van der Waals surface area contributed by atoms with Crippen LogP contribution in [0.2, 0.25) is 0 Å². The molecule has 0 spiro atoms. The number of rotatable bonds is 3. The lowest BCUT2D eigenvalue weighted by atomic mass is 9.85. The predicted molar refractivity (Wildman–Crippen MR) is 68.3 cm³/mol. The van der Waals surface area contributed by atoms with Gasteiger partial charge in [-0.2, -0.15) is 5.10 Å². The van der Waals surface area contributed by atoms with Crippen molar-refractivity contribution in [2.45, 2.75) is 44.6 Å². The molecule has 2 N–H and O–H groups in total. The number of aliphatic hydroxyl groups is 1. The van der Waals surface area contributed by atoms with Gasteiger partial charge in [0, 0.05) is 13.6 Å². The fourth-order valence-corrected chi connectivity index (χ4v) is 2.55. The Bertz CT molecular complexity index is 433. The number of hydrogen-bond acceptors (Lipinski definition) is 3. The van der Waals surface area contributed by atoms with E-state index in [0.717, 1.165) is 31.4 Å². The Morgan fingerprint density at radius 3 is 2.72 bits per heavy atom. The lowest BCUT2D eigenvalue weighted by Crippen LogP contribution is -2.44. The highest BCUT2D eigenvalue weighted by molar-refractivity contribution is 5.92. The molecule has 0 atom stereocenters. The highest BCUT2D eigenvalue weighted by Gasteiger charge is 2.29. The fraction of sp³-hybridized carbons (Fsp3) is 0.692. The third-order valence-corrected chi connectivity index (χ3v) is 3.60. The Morgan fingerprint density at radius 1 is 1.50 bits per heavy atom. The van der Waals surface area contributed by atoms with Crippen molar-refractivity contribution >= 4 is 5.91 Å². The number of amides is 1. The molecule has 0 saturated heterocycles. The largest absolute Gasteiger partial charge is 0.388 e. The standard InChI is InChI=1S/C13H21N3O2/c1-10-8-11(16(2)15-10)12(17)14-9-13(18)6-4-3-5-7-13/h8,18H,3-7,9H2,1-2H3,(H,14,17). The number of aryl methyl sites for hydroxylation is 2. The molecule has 1 heterocycles. The molecule has 2 rings (SSSR count). The summed E-state index contributed by atoms with van der Waals surface area (Å²) < 4.78 is 1.57. The van der Waals surface area contributed by atoms with Gasteiger partial charge in [-0.3, -0.25) is 9.48 Å². The number of carbonyl (C=O) groups excluding carboxylic acids is 1. The van der Waals surface area contributed by atoms with E-state index < -0.39 is 5.60 Å². The topological polar surface area (TPSA) is 67.2 Å². The number of carbonyl (C=O) groups is 1. The number of nitrogens with one attached hydrogen (secondary N) is 1. The molecule has 0 aromatic carbocycles. The second-order valence-electron chi connectivity index (χ2n) is 5.26. The smallest absolute Gasteiger partial charge is 0.269 e. The Kier molecular flexibility index (Phi) is 3.71. The summed E-state index contributed by atoms with van der Waals surface area (Å²) >= 11 is 0. The van der Waals surface area contributed by atoms with Crippen LogP contribution in [0.1, 0.15) is 48.3 Å². The van der Waals surface area contributed by atoms with Gasteiger partial charge in [-0.05, 0) is 25.8 Å². The molecular weight excluding hydrogens is 230 g/mol. The van der Waals surface area contributed by atoms with Crippen LogP contribution in [-0.2, 0) is 7.05 Å². The first-order valence-corrected chi connectivity index (χ1v) is 6.51. The molecule has 0 bridgehead atoms. The van der Waals surface area contributed by atoms with E-state index in [1.165, 1.54) is 6.42 Å². The van der Waals surface area contributed by atoms with E-state index in [2.05, 4.69) is 10.4 Å². The molecule has 0 unspecified atom stereocenters. The minimum atomic E-state index is -0.721. The zero-order valence-electron chi connectivity index (χ0n) is 11.1. The summed E-state index contributed by atoms with van der Waals surface area (Å²) in [5.41, 5.74) is 0.632. The van der Waals surface area contributed by atoms with E-state index in [0.29, 0.717) is 12.2 Å². The average molecular weight is 251 g/mol. The zero-order valence-corrected chi connectivity index (χ0v) is 11.1. The average Bonchev–Trinajstić information content (AvgIpc) is 2.67. The van der Waals surface area contributed by atoms with Gasteiger partial charge in [-0.25, -0.2) is 0 Å². The first-order chi connectivity index (χ1) is 8.50. The van der Waals surface area contributed by atoms with Gasteiger partial charge in [0.05, 0.1) is 11.3 Å². The van der Waals surface area contributed by atoms with Crippen molar-refractivity contribution in [3.63, 3.8) is 0 Å². The van der Waals surface area contributed by atoms with Crippen molar-refractivity contribution in [1.82, 2.24) is 15.1 Å². The van der Waals surface area contributed by atoms with E-state index in [-0.39, 0.29) is 5.91 Å². The van der Waals surface area contributed by atoms with Crippen LogP contribution < -0.4 is 5.32 Å². The Labute approximate surface area is 107 Å². The lowest BCUT2D eigenvalue weighted by molar-refractivity contribution is 0.00517. The van der Waals surface area contributed by atoms with Gasteiger partial charge in [0.2, 0.25) is 0 Å². The highest BCUT2D eigenvalue weighted by atomic mass is 16.3. The summed E-state index contributed by atoms with van der Waals surface area (Å²) in [6.45, 7) is 2.18. The number of nitrogens with zero attached hydrogens (tertiary/aromatic N) is 2. The van der Waals surface area contributed by atoms with E-state index in [1.54, 1.807) is 17.8 Å². The van der Waals surface area contributed by atoms with Crippen molar-refractivity contribution in [2.75, 3.05) is 6.54 Å². The maximum Gasteiger partial charge on any atom is 0.269 e. The van der Waals surface area contributed by atoms with Crippen LogP contribution in [0.15, 0.2) is 6.07 Å². The highest BCUT2D eigenvalue weighted by Crippen LogP contribution is 2.27. The van der Waals surface area contributed by atoms with Crippen LogP contribution in [0, 0.1) is 6.92 Å². The summed E-state index contributed by atoms with van der Waals surface area (Å²) in [4.78, 5) is 12.0. The summed E-state index contributed by atoms with van der Waals surface area (Å²) in [5.74, 6) is -0.169. The van der Waals surface area contributed by atoms with Gasteiger partial charge in [0.1, 0.15) is 5.69 Å². The van der Waals surface area contributed by atoms with E-state index in [9.17, 15) is 9.90 Å². The lowest BCUT2D eigenvalue weighted by Gasteiger charge is -2.32. The molecule has 5 nitrogen and oxygen atoms in total. The number of aromatic nitrogens is 2. The SMILES string of the molecule is Cc1cc(C(=O)NCC2(O)CCCCC2)n(C)n1. The van der Waals surface area contributed by atoms with Crippen LogP contribution in [0.4, 0.5) is 0 Å². The molecule has 1 fully saturated rings. The second kappa shape index (κ2) is 5.10. The van der Waals surface area contributed by atoms with E-state index >= 15 is 0 Å². The Hall–Kier alpha value is -1.36. The van der Waals surface area contributed by atoms with Crippen LogP contribution >= 0.6 is 0 Å². The van der Waals surface area contributed by atoms with Gasteiger partial charge in [0.25, 0.3) is 5.91 Å². The normalized spacial score (nSPS) is 18.6. The summed E-state index contributed by atoms with van der Waals surface area (Å²) in [6.07, 6.45) is 4.81. The van der Waals surface area contributed by atoms with Crippen molar-refractivity contribution in [2.24, 2.45) is 7.05 Å². The molecule has 1 aromatic rings. The van der Waals surface area contributed by atoms with Crippen molar-refractivity contribution in [3.05, 3.63) is 17.5 Å². The van der Waals surface area contributed by atoms with Crippen LogP contribution in [0.5, 0.6) is 0 Å². The molecule has 1 aliphatic rings. The van der Waals surface area contributed by atoms with Gasteiger partial charge in [-0.15, -0.1) is 0 Å². The molecule has 1 aromatic heterocycles. The van der Waals surface area contributed by atoms with Gasteiger partial charge < -0.3 is 10.4 Å². The summed E-state index contributed by atoms with van der Waals surface area (Å²) in [7, 11) is 1.75. The van der Waals surface area contributed by atoms with Crippen LogP contribution in [-0.4, -0.2) is 32.9 Å². The Morgan fingerprint density at radius 2 is 2.17 bits per heavy atom. The molecule has 18 heavy (non-hydrogen) atoms. The number of hydrogen-bond donors (Lipinski definition) is 2. The van der Waals surface area contributed by atoms with Crippen molar-refractivity contribution < 1.29 is 9.90 Å². The monoisotopic (exact) mass is 251 g/mol. The third kappa shape index (κ3) is 2.90. The Balaban J connectivity index is 1.94. The quantitative estimate of drug-likeness (QED) is 0.847. The molecule has 100 valence electrons. The maximum atomic E-state index is 12.0. The molecule has 1 amide bonds. The predicted octanol–water partition coefficient (Wildman–Crippen LogP) is 1.15. The molecule has 0 radical (unpaired) electrons. The minimum absolute atomic E-state index is 0.169. The third-order valence-electron chi connectivity index (χ3n) is 3.60. The molecule has 1 saturated carbocycles. The van der Waals surface area contributed by atoms with Crippen molar-refractivity contribution in [3.8, 4) is 0 Å². The van der Waals surface area contributed by atoms with E-state index in [4.69, 9.17) is 0 Å². The molecular formula is C13H21N3O2. The minimum Gasteiger partial charge on any atom is -0.388 e. The first kappa shape index (κ1) is 13.1. The van der Waals surface area contributed by atoms with Gasteiger partial charge in [-0.1, -0.05) is 19.3 Å². The van der Waals surface area contributed by atoms with Gasteiger partial charge in [0.15, 0.2) is 0 Å². The van der Waals surface area contributed by atoms with E-state index in [1.807, 2.05) is 6.92 Å². The summed E-state index contributed by atoms with van der Waals surface area (Å²) in [5, 5.41) is 17.3. The van der Waals surface area contributed by atoms with Crippen LogP contribution in [0.25, 0.3) is 0 Å². The van der Waals surface area contributed by atoms with Crippen molar-refractivity contribution in [1.29, 1.82) is 0 Å². The van der Waals surface area contributed by atoms with Gasteiger partial charge >= 0.3 is 0 Å². The fourth-order valence-electron chi connectivity index (χ4n) is 2.55. The molecule has 1 aliphatic carbocycles. The second-order valence-corrected chi connectivity index (χ2v) is 5.26. The van der Waals surface area contributed by atoms with Crippen LogP contribution in [0.3, 0.4) is 0 Å². The molecule has 5 heteroatoms. The first-order valence-electron chi connectivity index (χ1n) is 6.51. The summed E-state index contributed by atoms with van der Waals surface area (Å²) in [6, 6.07) is 1.75.